The first-order valence-corrected chi connectivity index (χ1v) is 14.0. The average Bonchev–Trinajstić information content (AvgIpc) is 3.10. The Kier molecular flexibility index (Phi) is 8.09. The van der Waals surface area contributed by atoms with Gasteiger partial charge in [0, 0.05) is 35.0 Å². The van der Waals surface area contributed by atoms with Gasteiger partial charge in [-0.05, 0) is 35.7 Å². The summed E-state index contributed by atoms with van der Waals surface area (Å²) in [5, 5.41) is 2.06. The van der Waals surface area contributed by atoms with Gasteiger partial charge in [0.2, 0.25) is 11.2 Å². The number of halogens is 4. The van der Waals surface area contributed by atoms with Crippen molar-refractivity contribution >= 4 is 35.2 Å². The number of carbonyl (C=O) groups excluding carboxylic acids is 2. The molecule has 0 saturated carbocycles. The van der Waals surface area contributed by atoms with Crippen LogP contribution in [0.4, 0.5) is 13.2 Å². The van der Waals surface area contributed by atoms with E-state index in [1.165, 1.54) is 29.7 Å². The third-order valence-corrected chi connectivity index (χ3v) is 8.54. The molecule has 0 N–H and O–H groups in total. The predicted octanol–water partition coefficient (Wildman–Crippen LogP) is 5.14. The fraction of sp³-hybridized carbons (Fsp3) is 0.321. The maximum absolute atomic E-state index is 14.1. The van der Waals surface area contributed by atoms with Crippen LogP contribution in [0.5, 0.6) is 5.75 Å². The third kappa shape index (κ3) is 5.43. The second-order valence-electron chi connectivity index (χ2n) is 9.53. The summed E-state index contributed by atoms with van der Waals surface area (Å²) in [4.78, 5) is 40.7. The van der Waals surface area contributed by atoms with E-state index in [0.717, 1.165) is 34.6 Å². The van der Waals surface area contributed by atoms with Crippen LogP contribution in [0.2, 0.25) is 5.02 Å². The van der Waals surface area contributed by atoms with Gasteiger partial charge in [-0.15, -0.1) is 11.8 Å². The van der Waals surface area contributed by atoms with Crippen LogP contribution in [-0.4, -0.2) is 54.1 Å². The number of fused-ring (bicyclic) bond motifs is 3. The van der Waals surface area contributed by atoms with Crippen molar-refractivity contribution in [2.75, 3.05) is 25.4 Å². The summed E-state index contributed by atoms with van der Waals surface area (Å²) in [5.74, 6) is -2.10. The van der Waals surface area contributed by atoms with Gasteiger partial charge in [0.1, 0.15) is 12.7 Å². The maximum Gasteiger partial charge on any atom is 0.408 e. The number of carbonyl (C=O) groups is 2. The van der Waals surface area contributed by atoms with Crippen molar-refractivity contribution in [3.8, 4) is 5.75 Å². The van der Waals surface area contributed by atoms with E-state index in [2.05, 4.69) is 0 Å². The van der Waals surface area contributed by atoms with Gasteiger partial charge in [-0.1, -0.05) is 41.9 Å². The standard InChI is InChI=1S/C28H25ClF3N3O5S/c1-16(28(30,31)32)33-15-35(34-12-10-21(36)26(25(34)27(33)38)40-23(37)11-13-39-2)24-17-7-5-8-20(29)19(17)14-41-22-9-4-3-6-18(22)24/h3-10,12,16,24H,11,13-15H2,1-2H3/t16-,24+/m1/s1. The van der Waals surface area contributed by atoms with Gasteiger partial charge in [-0.3, -0.25) is 24.1 Å². The molecule has 0 saturated heterocycles. The van der Waals surface area contributed by atoms with Crippen molar-refractivity contribution in [3.63, 3.8) is 0 Å². The smallest absolute Gasteiger partial charge is 0.408 e. The molecule has 41 heavy (non-hydrogen) atoms. The molecule has 0 fully saturated rings. The van der Waals surface area contributed by atoms with E-state index in [0.29, 0.717) is 15.7 Å². The summed E-state index contributed by atoms with van der Waals surface area (Å²) in [5.41, 5.74) is 0.991. The van der Waals surface area contributed by atoms with E-state index in [4.69, 9.17) is 21.1 Å². The van der Waals surface area contributed by atoms with Crippen LogP contribution in [0, 0.1) is 0 Å². The van der Waals surface area contributed by atoms with Gasteiger partial charge in [0.15, 0.2) is 5.69 Å². The second kappa shape index (κ2) is 11.4. The van der Waals surface area contributed by atoms with E-state index in [-0.39, 0.29) is 13.0 Å². The number of rotatable bonds is 6. The number of thioether (sulfide) groups is 1. The molecular formula is C28H25ClF3N3O5S. The number of amides is 1. The first-order chi connectivity index (χ1) is 19.5. The molecule has 3 heterocycles. The molecule has 216 valence electrons. The zero-order valence-corrected chi connectivity index (χ0v) is 23.6. The Balaban J connectivity index is 1.76. The molecule has 2 aliphatic heterocycles. The van der Waals surface area contributed by atoms with Crippen LogP contribution in [0.25, 0.3) is 0 Å². The zero-order valence-electron chi connectivity index (χ0n) is 22.0. The van der Waals surface area contributed by atoms with Crippen molar-refractivity contribution in [2.24, 2.45) is 0 Å². The van der Waals surface area contributed by atoms with Crippen molar-refractivity contribution in [3.05, 3.63) is 92.4 Å². The molecule has 0 unspecified atom stereocenters. The fourth-order valence-corrected chi connectivity index (χ4v) is 6.40. The fourth-order valence-electron chi connectivity index (χ4n) is 4.93. The molecular weight excluding hydrogens is 583 g/mol. The second-order valence-corrected chi connectivity index (χ2v) is 11.0. The van der Waals surface area contributed by atoms with Crippen LogP contribution in [-0.2, 0) is 15.3 Å². The van der Waals surface area contributed by atoms with E-state index < -0.39 is 53.7 Å². The Hall–Kier alpha value is -3.48. The molecule has 2 aliphatic rings. The lowest BCUT2D eigenvalue weighted by Gasteiger charge is -2.46. The lowest BCUT2D eigenvalue weighted by molar-refractivity contribution is -0.173. The van der Waals surface area contributed by atoms with Gasteiger partial charge in [-0.25, -0.2) is 0 Å². The summed E-state index contributed by atoms with van der Waals surface area (Å²) in [6.45, 7) is 0.376. The molecule has 1 amide bonds. The van der Waals surface area contributed by atoms with Crippen molar-refractivity contribution < 1.29 is 32.2 Å². The minimum absolute atomic E-state index is 0.0133. The maximum atomic E-state index is 14.1. The number of ether oxygens (including phenoxy) is 2. The van der Waals surface area contributed by atoms with Crippen molar-refractivity contribution in [2.45, 2.75) is 42.3 Å². The molecule has 3 aromatic rings. The van der Waals surface area contributed by atoms with Crippen molar-refractivity contribution in [1.82, 2.24) is 9.58 Å². The number of pyridine rings is 1. The van der Waals surface area contributed by atoms with Crippen LogP contribution in [0.3, 0.4) is 0 Å². The van der Waals surface area contributed by atoms with Crippen LogP contribution in [0.15, 0.2) is 64.4 Å². The van der Waals surface area contributed by atoms with E-state index in [9.17, 15) is 27.6 Å². The highest BCUT2D eigenvalue weighted by Gasteiger charge is 2.48. The molecule has 2 aromatic carbocycles. The van der Waals surface area contributed by atoms with E-state index >= 15 is 0 Å². The normalized spacial score (nSPS) is 17.3. The molecule has 8 nitrogen and oxygen atoms in total. The molecule has 13 heteroatoms. The summed E-state index contributed by atoms with van der Waals surface area (Å²) >= 11 is 8.14. The van der Waals surface area contributed by atoms with Crippen molar-refractivity contribution in [1.29, 1.82) is 0 Å². The quantitative estimate of drug-likeness (QED) is 0.359. The molecule has 0 aliphatic carbocycles. The number of methoxy groups -OCH3 is 1. The summed E-state index contributed by atoms with van der Waals surface area (Å²) in [6, 6.07) is 11.0. The molecule has 2 atom stereocenters. The van der Waals surface area contributed by atoms with Gasteiger partial charge in [-0.2, -0.15) is 13.2 Å². The minimum atomic E-state index is -4.77. The first kappa shape index (κ1) is 29.0. The predicted molar refractivity (Wildman–Crippen MR) is 147 cm³/mol. The molecule has 0 bridgehead atoms. The molecule has 5 rings (SSSR count). The Bertz CT molecular complexity index is 1560. The van der Waals surface area contributed by atoms with Crippen LogP contribution >= 0.6 is 23.4 Å². The Morgan fingerprint density at radius 3 is 2.59 bits per heavy atom. The lowest BCUT2D eigenvalue weighted by Crippen LogP contribution is -2.60. The Labute approximate surface area is 242 Å². The first-order valence-electron chi connectivity index (χ1n) is 12.6. The molecule has 1 aromatic heterocycles. The summed E-state index contributed by atoms with van der Waals surface area (Å²) < 4.78 is 53.7. The van der Waals surface area contributed by atoms with E-state index in [1.807, 2.05) is 30.3 Å². The van der Waals surface area contributed by atoms with Crippen LogP contribution in [0.1, 0.15) is 46.6 Å². The Morgan fingerprint density at radius 2 is 1.85 bits per heavy atom. The number of hydrogen-bond donors (Lipinski definition) is 0. The number of benzene rings is 2. The Morgan fingerprint density at radius 1 is 1.12 bits per heavy atom. The lowest BCUT2D eigenvalue weighted by atomic mass is 9.94. The van der Waals surface area contributed by atoms with Crippen LogP contribution < -0.4 is 15.2 Å². The molecule has 0 radical (unpaired) electrons. The average molecular weight is 608 g/mol. The zero-order chi connectivity index (χ0) is 29.5. The largest absolute Gasteiger partial charge is 0.420 e. The highest BCUT2D eigenvalue weighted by molar-refractivity contribution is 7.98. The minimum Gasteiger partial charge on any atom is -0.420 e. The molecule has 0 spiro atoms. The topological polar surface area (TPSA) is 81.1 Å². The van der Waals surface area contributed by atoms with E-state index in [1.54, 1.807) is 17.1 Å². The summed E-state index contributed by atoms with van der Waals surface area (Å²) in [7, 11) is 1.37. The highest BCUT2D eigenvalue weighted by Crippen LogP contribution is 2.45. The number of hydrogen-bond acceptors (Lipinski definition) is 7. The monoisotopic (exact) mass is 607 g/mol. The van der Waals surface area contributed by atoms with Gasteiger partial charge in [0.05, 0.1) is 19.1 Å². The number of aromatic nitrogens is 1. The summed E-state index contributed by atoms with van der Waals surface area (Å²) in [6.07, 6.45) is -3.70. The third-order valence-electron chi connectivity index (χ3n) is 7.07. The van der Waals surface area contributed by atoms with Gasteiger partial charge >= 0.3 is 12.1 Å². The highest BCUT2D eigenvalue weighted by atomic mass is 35.5. The SMILES string of the molecule is COCCC(=O)Oc1c2n(ccc1=O)N([C@@H]1c3ccccc3SCc3c(Cl)cccc31)CN([C@H](C)C(F)(F)F)C2=O. The number of alkyl halides is 3. The van der Waals surface area contributed by atoms with Gasteiger partial charge in [0.25, 0.3) is 5.91 Å². The number of esters is 1. The van der Waals surface area contributed by atoms with Gasteiger partial charge < -0.3 is 14.4 Å². The number of nitrogens with zero attached hydrogens (tertiary/aromatic N) is 3.